The number of aromatic nitrogens is 2. The number of amides is 1. The fraction of sp³-hybridized carbons (Fsp3) is 0.526. The van der Waals surface area contributed by atoms with Gasteiger partial charge in [0.1, 0.15) is 11.5 Å². The molecule has 0 saturated carbocycles. The molecule has 1 fully saturated rings. The number of sulfonamides is 1. The van der Waals surface area contributed by atoms with Crippen LogP contribution >= 0.6 is 0 Å². The quantitative estimate of drug-likeness (QED) is 0.639. The summed E-state index contributed by atoms with van der Waals surface area (Å²) in [4.78, 5) is 18.7. The lowest BCUT2D eigenvalue weighted by atomic mass is 9.98. The molecule has 0 spiro atoms. The van der Waals surface area contributed by atoms with E-state index in [9.17, 15) is 13.2 Å². The van der Waals surface area contributed by atoms with Crippen LogP contribution in [0, 0.1) is 0 Å². The zero-order chi connectivity index (χ0) is 21.9. The molecular weight excluding hydrogens is 412 g/mol. The van der Waals surface area contributed by atoms with Gasteiger partial charge in [-0.3, -0.25) is 4.79 Å². The second kappa shape index (κ2) is 9.00. The van der Waals surface area contributed by atoms with Crippen molar-refractivity contribution in [2.24, 2.45) is 0 Å². The van der Waals surface area contributed by atoms with Crippen molar-refractivity contribution in [3.05, 3.63) is 35.5 Å². The molecule has 0 unspecified atom stereocenters. The molecule has 0 N–H and O–H groups in total. The van der Waals surface area contributed by atoms with Crippen LogP contribution in [0.15, 0.2) is 22.7 Å². The van der Waals surface area contributed by atoms with Gasteiger partial charge in [0, 0.05) is 37.7 Å². The average molecular weight is 439 g/mol. The summed E-state index contributed by atoms with van der Waals surface area (Å²) >= 11 is 0. The van der Waals surface area contributed by atoms with E-state index in [-0.39, 0.29) is 18.4 Å². The molecule has 10 nitrogen and oxygen atoms in total. The Morgan fingerprint density at radius 1 is 1.20 bits per heavy atom. The Labute approximate surface area is 175 Å². The molecule has 1 aromatic carbocycles. The van der Waals surface area contributed by atoms with Gasteiger partial charge in [-0.1, -0.05) is 5.16 Å². The molecule has 3 rings (SSSR count). The van der Waals surface area contributed by atoms with Gasteiger partial charge in [0.15, 0.2) is 5.82 Å². The molecule has 0 atom stereocenters. The maximum Gasteiger partial charge on any atom is 0.254 e. The van der Waals surface area contributed by atoms with Crippen LogP contribution in [0.3, 0.4) is 0 Å². The molecule has 0 radical (unpaired) electrons. The van der Waals surface area contributed by atoms with Crippen LogP contribution in [-0.4, -0.2) is 74.3 Å². The van der Waals surface area contributed by atoms with Crippen molar-refractivity contribution in [3.63, 3.8) is 0 Å². The van der Waals surface area contributed by atoms with E-state index in [4.69, 9.17) is 14.0 Å². The van der Waals surface area contributed by atoms with Gasteiger partial charge in [-0.25, -0.2) is 12.7 Å². The third-order valence-electron chi connectivity index (χ3n) is 5.09. The van der Waals surface area contributed by atoms with Crippen LogP contribution in [0.5, 0.6) is 11.5 Å². The number of methoxy groups -OCH3 is 2. The van der Waals surface area contributed by atoms with Crippen molar-refractivity contribution in [2.75, 3.05) is 40.6 Å². The third kappa shape index (κ3) is 5.08. The van der Waals surface area contributed by atoms with Gasteiger partial charge in [0.25, 0.3) is 5.91 Å². The molecule has 1 aliphatic heterocycles. The van der Waals surface area contributed by atoms with Gasteiger partial charge in [-0.15, -0.1) is 0 Å². The van der Waals surface area contributed by atoms with Crippen molar-refractivity contribution in [3.8, 4) is 11.5 Å². The molecule has 2 heterocycles. The Hall–Kier alpha value is -2.66. The van der Waals surface area contributed by atoms with E-state index >= 15 is 0 Å². The summed E-state index contributed by atoms with van der Waals surface area (Å²) in [7, 11) is 1.50. The van der Waals surface area contributed by atoms with E-state index in [1.807, 2.05) is 0 Å². The predicted molar refractivity (Wildman–Crippen MR) is 108 cm³/mol. The molecule has 1 aromatic heterocycles. The lowest BCUT2D eigenvalue weighted by Gasteiger charge is -2.28. The molecule has 1 amide bonds. The number of ether oxygens (including phenoxy) is 2. The van der Waals surface area contributed by atoms with Crippen molar-refractivity contribution in [2.45, 2.75) is 25.3 Å². The molecule has 0 bridgehead atoms. The van der Waals surface area contributed by atoms with E-state index in [0.29, 0.717) is 54.7 Å². The number of carbonyl (C=O) groups is 1. The number of piperidine rings is 1. The Bertz CT molecular complexity index is 976. The molecule has 1 saturated heterocycles. The van der Waals surface area contributed by atoms with Crippen LogP contribution in [0.2, 0.25) is 0 Å². The number of nitrogens with zero attached hydrogens (tertiary/aromatic N) is 4. The van der Waals surface area contributed by atoms with Gasteiger partial charge < -0.3 is 18.9 Å². The Morgan fingerprint density at radius 3 is 2.33 bits per heavy atom. The van der Waals surface area contributed by atoms with Crippen molar-refractivity contribution in [1.29, 1.82) is 0 Å². The fourth-order valence-corrected chi connectivity index (χ4v) is 4.24. The molecule has 11 heteroatoms. The SMILES string of the molecule is COc1cc(OC)cc(C(=O)N(C)Cc2nc(C3CCN(S(C)(=O)=O)CC3)no2)c1. The lowest BCUT2D eigenvalue weighted by molar-refractivity contribution is 0.0769. The average Bonchev–Trinajstić information content (AvgIpc) is 3.20. The maximum atomic E-state index is 12.8. The standard InChI is InChI=1S/C19H26N4O6S/c1-22(19(24)14-9-15(27-2)11-16(10-14)28-3)12-17-20-18(21-29-17)13-5-7-23(8-6-13)30(4,25)26/h9-11,13H,5-8,12H2,1-4H3. The van der Waals surface area contributed by atoms with E-state index in [1.54, 1.807) is 25.2 Å². The summed E-state index contributed by atoms with van der Waals surface area (Å²) in [5, 5.41) is 4.03. The van der Waals surface area contributed by atoms with Crippen LogP contribution in [0.4, 0.5) is 0 Å². The minimum atomic E-state index is -3.18. The Morgan fingerprint density at radius 2 is 1.80 bits per heavy atom. The highest BCUT2D eigenvalue weighted by Crippen LogP contribution is 2.27. The number of benzene rings is 1. The number of hydrogen-bond acceptors (Lipinski definition) is 8. The smallest absolute Gasteiger partial charge is 0.254 e. The third-order valence-corrected chi connectivity index (χ3v) is 6.39. The van der Waals surface area contributed by atoms with Crippen molar-refractivity contribution < 1.29 is 27.2 Å². The first kappa shape index (κ1) is 22.0. The van der Waals surface area contributed by atoms with E-state index in [1.165, 1.54) is 29.7 Å². The number of rotatable bonds is 7. The van der Waals surface area contributed by atoms with Gasteiger partial charge in [0.2, 0.25) is 15.9 Å². The molecule has 30 heavy (non-hydrogen) atoms. The zero-order valence-corrected chi connectivity index (χ0v) is 18.3. The predicted octanol–water partition coefficient (Wildman–Crippen LogP) is 1.50. The van der Waals surface area contributed by atoms with Crippen molar-refractivity contribution >= 4 is 15.9 Å². The monoisotopic (exact) mass is 438 g/mol. The Kier molecular flexibility index (Phi) is 6.61. The first-order valence-corrected chi connectivity index (χ1v) is 11.3. The van der Waals surface area contributed by atoms with Crippen LogP contribution in [0.25, 0.3) is 0 Å². The largest absolute Gasteiger partial charge is 0.497 e. The second-order valence-electron chi connectivity index (χ2n) is 7.25. The normalized spacial score (nSPS) is 15.7. The molecule has 2 aromatic rings. The van der Waals surface area contributed by atoms with Crippen molar-refractivity contribution in [1.82, 2.24) is 19.3 Å². The molecule has 0 aliphatic carbocycles. The first-order chi connectivity index (χ1) is 14.2. The molecular formula is C19H26N4O6S. The molecule has 1 aliphatic rings. The van der Waals surface area contributed by atoms with Crippen LogP contribution < -0.4 is 9.47 Å². The van der Waals surface area contributed by atoms with E-state index in [2.05, 4.69) is 10.1 Å². The highest BCUT2D eigenvalue weighted by molar-refractivity contribution is 7.88. The minimum Gasteiger partial charge on any atom is -0.497 e. The number of carbonyl (C=O) groups excluding carboxylic acids is 1. The fourth-order valence-electron chi connectivity index (χ4n) is 3.37. The summed E-state index contributed by atoms with van der Waals surface area (Å²) in [5.74, 6) is 1.69. The maximum absolute atomic E-state index is 12.8. The number of hydrogen-bond donors (Lipinski definition) is 0. The first-order valence-electron chi connectivity index (χ1n) is 9.47. The highest BCUT2D eigenvalue weighted by atomic mass is 32.2. The second-order valence-corrected chi connectivity index (χ2v) is 9.23. The van der Waals surface area contributed by atoms with Gasteiger partial charge >= 0.3 is 0 Å². The summed E-state index contributed by atoms with van der Waals surface area (Å²) in [6.07, 6.45) is 2.47. The van der Waals surface area contributed by atoms with Crippen LogP contribution in [-0.2, 0) is 16.6 Å². The topological polar surface area (TPSA) is 115 Å². The lowest BCUT2D eigenvalue weighted by Crippen LogP contribution is -2.37. The minimum absolute atomic E-state index is 0.0316. The summed E-state index contributed by atoms with van der Waals surface area (Å²) in [5.41, 5.74) is 0.418. The van der Waals surface area contributed by atoms with Gasteiger partial charge in [-0.2, -0.15) is 4.98 Å². The summed E-state index contributed by atoms with van der Waals surface area (Å²) in [6.45, 7) is 1.01. The zero-order valence-electron chi connectivity index (χ0n) is 17.5. The summed E-state index contributed by atoms with van der Waals surface area (Å²) in [6, 6.07) is 4.96. The van der Waals surface area contributed by atoms with E-state index < -0.39 is 10.0 Å². The summed E-state index contributed by atoms with van der Waals surface area (Å²) < 4.78 is 40.5. The van der Waals surface area contributed by atoms with E-state index in [0.717, 1.165) is 0 Å². The molecule has 164 valence electrons. The van der Waals surface area contributed by atoms with Gasteiger partial charge in [0.05, 0.1) is 27.0 Å². The Balaban J connectivity index is 1.64. The van der Waals surface area contributed by atoms with Gasteiger partial charge in [-0.05, 0) is 25.0 Å². The highest BCUT2D eigenvalue weighted by Gasteiger charge is 2.29. The van der Waals surface area contributed by atoms with Crippen LogP contribution in [0.1, 0.15) is 40.8 Å².